The van der Waals surface area contributed by atoms with E-state index in [9.17, 15) is 18.8 Å². The number of carbonyl (C=O) groups is 3. The van der Waals surface area contributed by atoms with Gasteiger partial charge in [0.25, 0.3) is 5.91 Å². The standard InChI is InChI=1S/C25H30FN5O4/c1-5-17(2)14-30(18(3)32)21-7-8-22(23(26)12-21)20-6-9-24(27-13-20)29-10-11-31(28-16-29)25(34)15-35-19(4)33/h6-9,12-13,16-17H,5,10-11,14-15H2,1-4H3. The van der Waals surface area contributed by atoms with Gasteiger partial charge in [0.15, 0.2) is 6.61 Å². The molecule has 35 heavy (non-hydrogen) atoms. The van der Waals surface area contributed by atoms with Crippen LogP contribution in [0.3, 0.4) is 0 Å². The highest BCUT2D eigenvalue weighted by Gasteiger charge is 2.20. The molecule has 1 aromatic carbocycles. The highest BCUT2D eigenvalue weighted by Crippen LogP contribution is 2.28. The van der Waals surface area contributed by atoms with E-state index in [0.717, 1.165) is 6.42 Å². The summed E-state index contributed by atoms with van der Waals surface area (Å²) in [6, 6.07) is 8.29. The van der Waals surface area contributed by atoms with Gasteiger partial charge >= 0.3 is 5.97 Å². The van der Waals surface area contributed by atoms with Gasteiger partial charge in [0, 0.05) is 49.9 Å². The van der Waals surface area contributed by atoms with E-state index in [2.05, 4.69) is 23.9 Å². The Kier molecular flexibility index (Phi) is 8.51. The minimum absolute atomic E-state index is 0.127. The normalized spacial score (nSPS) is 14.0. The Morgan fingerprint density at radius 3 is 2.49 bits per heavy atom. The monoisotopic (exact) mass is 483 g/mol. The van der Waals surface area contributed by atoms with Crippen LogP contribution in [0, 0.1) is 11.7 Å². The minimum atomic E-state index is -0.529. The SMILES string of the molecule is CCC(C)CN(C(C)=O)c1ccc(-c2ccc(N3C=NN(C(=O)COC(C)=O)CC3)nc2)c(F)c1. The Labute approximate surface area is 204 Å². The number of ether oxygens (including phenoxy) is 1. The molecule has 0 spiro atoms. The van der Waals surface area contributed by atoms with Crippen molar-refractivity contribution in [2.45, 2.75) is 34.1 Å². The van der Waals surface area contributed by atoms with Crippen LogP contribution in [0.1, 0.15) is 34.1 Å². The molecule has 0 N–H and O–H groups in total. The molecule has 0 aliphatic carbocycles. The maximum atomic E-state index is 15.0. The molecule has 1 aromatic heterocycles. The van der Waals surface area contributed by atoms with Crippen molar-refractivity contribution in [2.24, 2.45) is 11.0 Å². The van der Waals surface area contributed by atoms with Gasteiger partial charge in [0.1, 0.15) is 18.0 Å². The largest absolute Gasteiger partial charge is 0.456 e. The summed E-state index contributed by atoms with van der Waals surface area (Å²) in [6.45, 7) is 7.76. The third kappa shape index (κ3) is 6.62. The number of pyridine rings is 1. The maximum absolute atomic E-state index is 15.0. The molecule has 2 heterocycles. The molecular formula is C25H30FN5O4. The lowest BCUT2D eigenvalue weighted by Gasteiger charge is -2.27. The highest BCUT2D eigenvalue weighted by molar-refractivity contribution is 5.92. The first-order valence-electron chi connectivity index (χ1n) is 11.5. The lowest BCUT2D eigenvalue weighted by molar-refractivity contribution is -0.150. The van der Waals surface area contributed by atoms with Gasteiger partial charge in [-0.3, -0.25) is 14.4 Å². The average molecular weight is 484 g/mol. The summed E-state index contributed by atoms with van der Waals surface area (Å²) in [4.78, 5) is 42.7. The van der Waals surface area contributed by atoms with Crippen LogP contribution in [0.4, 0.5) is 15.9 Å². The molecule has 0 saturated heterocycles. The summed E-state index contributed by atoms with van der Waals surface area (Å²) in [5.74, 6) is -0.606. The predicted octanol–water partition coefficient (Wildman–Crippen LogP) is 3.44. The second-order valence-electron chi connectivity index (χ2n) is 8.43. The van der Waals surface area contributed by atoms with Crippen LogP contribution in [0.2, 0.25) is 0 Å². The molecule has 3 rings (SSSR count). The van der Waals surface area contributed by atoms with E-state index in [-0.39, 0.29) is 12.5 Å². The van der Waals surface area contributed by atoms with Crippen molar-refractivity contribution in [3.8, 4) is 11.1 Å². The van der Waals surface area contributed by atoms with Crippen molar-refractivity contribution in [1.82, 2.24) is 9.99 Å². The van der Waals surface area contributed by atoms with Crippen LogP contribution >= 0.6 is 0 Å². The number of benzene rings is 1. The zero-order valence-corrected chi connectivity index (χ0v) is 20.4. The van der Waals surface area contributed by atoms with E-state index in [1.807, 2.05) is 0 Å². The number of anilines is 2. The summed E-state index contributed by atoms with van der Waals surface area (Å²) >= 11 is 0. The summed E-state index contributed by atoms with van der Waals surface area (Å²) in [5, 5.41) is 5.32. The van der Waals surface area contributed by atoms with Gasteiger partial charge in [0.05, 0.1) is 6.54 Å². The fraction of sp³-hybridized carbons (Fsp3) is 0.400. The van der Waals surface area contributed by atoms with Crippen molar-refractivity contribution in [3.63, 3.8) is 0 Å². The van der Waals surface area contributed by atoms with Crippen molar-refractivity contribution in [1.29, 1.82) is 0 Å². The Hall–Kier alpha value is -3.82. The van der Waals surface area contributed by atoms with Gasteiger partial charge in [-0.05, 0) is 36.2 Å². The fourth-order valence-corrected chi connectivity index (χ4v) is 3.52. The Balaban J connectivity index is 1.70. The van der Waals surface area contributed by atoms with Crippen molar-refractivity contribution >= 4 is 35.6 Å². The van der Waals surface area contributed by atoms with Gasteiger partial charge < -0.3 is 14.5 Å². The van der Waals surface area contributed by atoms with Crippen LogP contribution in [-0.2, 0) is 19.1 Å². The van der Waals surface area contributed by atoms with Crippen LogP contribution in [-0.4, -0.2) is 60.4 Å². The van der Waals surface area contributed by atoms with Gasteiger partial charge in [-0.1, -0.05) is 20.3 Å². The third-order valence-electron chi connectivity index (χ3n) is 5.76. The van der Waals surface area contributed by atoms with E-state index in [0.29, 0.717) is 48.2 Å². The predicted molar refractivity (Wildman–Crippen MR) is 131 cm³/mol. The van der Waals surface area contributed by atoms with E-state index < -0.39 is 17.7 Å². The zero-order valence-electron chi connectivity index (χ0n) is 20.4. The first-order valence-corrected chi connectivity index (χ1v) is 11.5. The summed E-state index contributed by atoms with van der Waals surface area (Å²) in [7, 11) is 0. The Morgan fingerprint density at radius 2 is 1.94 bits per heavy atom. The van der Waals surface area contributed by atoms with Gasteiger partial charge in [-0.25, -0.2) is 14.4 Å². The second-order valence-corrected chi connectivity index (χ2v) is 8.43. The average Bonchev–Trinajstić information content (AvgIpc) is 2.85. The number of halogens is 1. The molecule has 186 valence electrons. The van der Waals surface area contributed by atoms with E-state index in [1.165, 1.54) is 31.3 Å². The molecule has 1 aliphatic rings. The molecule has 2 amide bonds. The molecule has 0 bridgehead atoms. The van der Waals surface area contributed by atoms with E-state index >= 15 is 0 Å². The molecule has 10 heteroatoms. The number of rotatable bonds is 8. The molecule has 0 fully saturated rings. The molecule has 0 saturated carbocycles. The number of aromatic nitrogens is 1. The van der Waals surface area contributed by atoms with Crippen molar-refractivity contribution < 1.29 is 23.5 Å². The van der Waals surface area contributed by atoms with E-state index in [1.54, 1.807) is 40.3 Å². The summed E-state index contributed by atoms with van der Waals surface area (Å²) in [5.41, 5.74) is 1.51. The molecule has 1 unspecified atom stereocenters. The fourth-order valence-electron chi connectivity index (χ4n) is 3.52. The Bertz CT molecular complexity index is 1110. The number of amides is 2. The molecule has 2 aromatic rings. The smallest absolute Gasteiger partial charge is 0.303 e. The number of hydrogen-bond acceptors (Lipinski definition) is 7. The van der Waals surface area contributed by atoms with Gasteiger partial charge in [-0.15, -0.1) is 0 Å². The zero-order chi connectivity index (χ0) is 25.5. The second kappa shape index (κ2) is 11.5. The number of hydrazone groups is 1. The summed E-state index contributed by atoms with van der Waals surface area (Å²) in [6.07, 6.45) is 3.97. The number of carbonyl (C=O) groups excluding carboxylic acids is 3. The van der Waals surface area contributed by atoms with Crippen molar-refractivity contribution in [2.75, 3.05) is 36.0 Å². The Morgan fingerprint density at radius 1 is 1.17 bits per heavy atom. The van der Waals surface area contributed by atoms with Crippen LogP contribution in [0.15, 0.2) is 41.6 Å². The minimum Gasteiger partial charge on any atom is -0.456 e. The third-order valence-corrected chi connectivity index (χ3v) is 5.76. The van der Waals surface area contributed by atoms with Crippen LogP contribution < -0.4 is 9.80 Å². The van der Waals surface area contributed by atoms with Gasteiger partial charge in [-0.2, -0.15) is 5.10 Å². The lowest BCUT2D eigenvalue weighted by Crippen LogP contribution is -2.42. The van der Waals surface area contributed by atoms with Crippen LogP contribution in [0.25, 0.3) is 11.1 Å². The topological polar surface area (TPSA) is 95.4 Å². The quantitative estimate of drug-likeness (QED) is 0.534. The summed E-state index contributed by atoms with van der Waals surface area (Å²) < 4.78 is 19.7. The first kappa shape index (κ1) is 25.8. The maximum Gasteiger partial charge on any atom is 0.303 e. The number of esters is 1. The molecule has 1 aliphatic heterocycles. The van der Waals surface area contributed by atoms with Crippen LogP contribution in [0.5, 0.6) is 0 Å². The van der Waals surface area contributed by atoms with E-state index in [4.69, 9.17) is 4.74 Å². The van der Waals surface area contributed by atoms with Gasteiger partial charge in [0.2, 0.25) is 5.91 Å². The molecule has 1 atom stereocenters. The number of hydrogen-bond donors (Lipinski definition) is 0. The highest BCUT2D eigenvalue weighted by atomic mass is 19.1. The molecule has 0 radical (unpaired) electrons. The van der Waals surface area contributed by atoms with Crippen molar-refractivity contribution in [3.05, 3.63) is 42.3 Å². The molecule has 9 nitrogen and oxygen atoms in total. The first-order chi connectivity index (χ1) is 16.7. The number of nitrogens with zero attached hydrogens (tertiary/aromatic N) is 5. The molecular weight excluding hydrogens is 453 g/mol. The lowest BCUT2D eigenvalue weighted by atomic mass is 10.0.